The van der Waals surface area contributed by atoms with E-state index in [-0.39, 0.29) is 11.9 Å². The molecule has 0 radical (unpaired) electrons. The van der Waals surface area contributed by atoms with E-state index in [9.17, 15) is 4.79 Å². The molecule has 5 heteroatoms. The van der Waals surface area contributed by atoms with Gasteiger partial charge in [-0.05, 0) is 49.7 Å². The Hall–Kier alpha value is -2.53. The Bertz CT molecular complexity index is 656. The number of rotatable bonds is 8. The minimum Gasteiger partial charge on any atom is -0.497 e. The van der Waals surface area contributed by atoms with Crippen LogP contribution in [0.25, 0.3) is 0 Å². The molecule has 0 saturated carbocycles. The van der Waals surface area contributed by atoms with Crippen molar-refractivity contribution in [2.24, 2.45) is 0 Å². The number of methoxy groups -OCH3 is 2. The van der Waals surface area contributed by atoms with Crippen LogP contribution in [0.15, 0.2) is 48.5 Å². The van der Waals surface area contributed by atoms with Crippen LogP contribution in [0, 0.1) is 0 Å². The summed E-state index contributed by atoms with van der Waals surface area (Å²) in [5, 5.41) is 6.28. The number of para-hydroxylation sites is 1. The van der Waals surface area contributed by atoms with Crippen molar-refractivity contribution in [2.45, 2.75) is 19.4 Å². The summed E-state index contributed by atoms with van der Waals surface area (Å²) in [5.41, 5.74) is 2.26. The van der Waals surface area contributed by atoms with Gasteiger partial charge in [-0.15, -0.1) is 0 Å². The Labute approximate surface area is 143 Å². The molecule has 0 heterocycles. The number of amides is 1. The van der Waals surface area contributed by atoms with Gasteiger partial charge in [0.05, 0.1) is 18.4 Å². The number of benzene rings is 2. The predicted octanol–water partition coefficient (Wildman–Crippen LogP) is 3.59. The fourth-order valence-corrected chi connectivity index (χ4v) is 2.29. The SMILES string of the molecule is COCC[C@@H](C)NC(=O)c1ccccc1Nc1ccc(OC)cc1. The van der Waals surface area contributed by atoms with E-state index >= 15 is 0 Å². The van der Waals surface area contributed by atoms with Crippen LogP contribution < -0.4 is 15.4 Å². The molecule has 0 aromatic heterocycles. The minimum atomic E-state index is -0.102. The second kappa shape index (κ2) is 8.93. The molecule has 2 aromatic rings. The molecule has 0 unspecified atom stereocenters. The lowest BCUT2D eigenvalue weighted by molar-refractivity contribution is 0.0930. The molecular weight excluding hydrogens is 304 g/mol. The third-order valence-electron chi connectivity index (χ3n) is 3.67. The molecule has 2 aromatic carbocycles. The van der Waals surface area contributed by atoms with Gasteiger partial charge in [0.15, 0.2) is 0 Å². The summed E-state index contributed by atoms with van der Waals surface area (Å²) in [6.07, 6.45) is 0.774. The van der Waals surface area contributed by atoms with E-state index in [0.717, 1.165) is 23.5 Å². The summed E-state index contributed by atoms with van der Waals surface area (Å²) >= 11 is 0. The highest BCUT2D eigenvalue weighted by Crippen LogP contribution is 2.23. The molecule has 0 aliphatic heterocycles. The van der Waals surface area contributed by atoms with Crippen molar-refractivity contribution in [3.05, 3.63) is 54.1 Å². The molecule has 2 rings (SSSR count). The normalized spacial score (nSPS) is 11.6. The number of carbonyl (C=O) groups is 1. The zero-order chi connectivity index (χ0) is 17.4. The van der Waals surface area contributed by atoms with Gasteiger partial charge in [0, 0.05) is 25.4 Å². The van der Waals surface area contributed by atoms with Crippen molar-refractivity contribution >= 4 is 17.3 Å². The zero-order valence-corrected chi connectivity index (χ0v) is 14.3. The van der Waals surface area contributed by atoms with E-state index in [2.05, 4.69) is 10.6 Å². The monoisotopic (exact) mass is 328 g/mol. The molecule has 5 nitrogen and oxygen atoms in total. The summed E-state index contributed by atoms with van der Waals surface area (Å²) in [4.78, 5) is 12.5. The lowest BCUT2D eigenvalue weighted by Gasteiger charge is -2.16. The van der Waals surface area contributed by atoms with Crippen LogP contribution >= 0.6 is 0 Å². The van der Waals surface area contributed by atoms with Crippen LogP contribution in [0.2, 0.25) is 0 Å². The van der Waals surface area contributed by atoms with Gasteiger partial charge in [0.1, 0.15) is 5.75 Å². The zero-order valence-electron chi connectivity index (χ0n) is 14.3. The number of hydrogen-bond acceptors (Lipinski definition) is 4. The fourth-order valence-electron chi connectivity index (χ4n) is 2.29. The molecule has 24 heavy (non-hydrogen) atoms. The number of anilines is 2. The quantitative estimate of drug-likeness (QED) is 0.777. The summed E-state index contributed by atoms with van der Waals surface area (Å²) in [5.74, 6) is 0.689. The Kier molecular flexibility index (Phi) is 6.63. The number of carbonyl (C=O) groups excluding carboxylic acids is 1. The summed E-state index contributed by atoms with van der Waals surface area (Å²) in [7, 11) is 3.29. The van der Waals surface area contributed by atoms with Crippen LogP contribution in [0.5, 0.6) is 5.75 Å². The summed E-state index contributed by atoms with van der Waals surface area (Å²) in [6, 6.07) is 15.1. The summed E-state index contributed by atoms with van der Waals surface area (Å²) in [6.45, 7) is 2.59. The first-order valence-corrected chi connectivity index (χ1v) is 7.94. The number of hydrogen-bond donors (Lipinski definition) is 2. The molecule has 0 aliphatic carbocycles. The molecule has 0 bridgehead atoms. The topological polar surface area (TPSA) is 59.6 Å². The highest BCUT2D eigenvalue weighted by molar-refractivity contribution is 6.00. The van der Waals surface area contributed by atoms with Gasteiger partial charge in [-0.3, -0.25) is 4.79 Å². The largest absolute Gasteiger partial charge is 0.497 e. The number of ether oxygens (including phenoxy) is 2. The smallest absolute Gasteiger partial charge is 0.253 e. The van der Waals surface area contributed by atoms with Gasteiger partial charge in [-0.1, -0.05) is 12.1 Å². The first-order chi connectivity index (χ1) is 11.6. The van der Waals surface area contributed by atoms with Crippen molar-refractivity contribution < 1.29 is 14.3 Å². The van der Waals surface area contributed by atoms with Crippen LogP contribution in [-0.2, 0) is 4.74 Å². The Morgan fingerprint density at radius 2 is 1.79 bits per heavy atom. The van der Waals surface area contributed by atoms with E-state index in [0.29, 0.717) is 12.2 Å². The second-order valence-electron chi connectivity index (χ2n) is 5.56. The highest BCUT2D eigenvalue weighted by atomic mass is 16.5. The van der Waals surface area contributed by atoms with Gasteiger partial charge in [-0.25, -0.2) is 0 Å². The maximum Gasteiger partial charge on any atom is 0.253 e. The molecule has 0 spiro atoms. The Balaban J connectivity index is 2.09. The molecule has 128 valence electrons. The highest BCUT2D eigenvalue weighted by Gasteiger charge is 2.13. The van der Waals surface area contributed by atoms with Crippen LogP contribution in [0.3, 0.4) is 0 Å². The first-order valence-electron chi connectivity index (χ1n) is 7.94. The van der Waals surface area contributed by atoms with Gasteiger partial charge < -0.3 is 20.1 Å². The van der Waals surface area contributed by atoms with Gasteiger partial charge in [0.25, 0.3) is 5.91 Å². The predicted molar refractivity (Wildman–Crippen MR) is 96.1 cm³/mol. The Morgan fingerprint density at radius 3 is 2.46 bits per heavy atom. The third kappa shape index (κ3) is 4.99. The van der Waals surface area contributed by atoms with Crippen LogP contribution in [-0.4, -0.2) is 32.8 Å². The average Bonchev–Trinajstić information content (AvgIpc) is 2.61. The standard InChI is InChI=1S/C19H24N2O3/c1-14(12-13-23-2)20-19(22)17-6-4-5-7-18(17)21-15-8-10-16(24-3)11-9-15/h4-11,14,21H,12-13H2,1-3H3,(H,20,22)/t14-/m1/s1. The average molecular weight is 328 g/mol. The van der Waals surface area contributed by atoms with Gasteiger partial charge in [0.2, 0.25) is 0 Å². The fraction of sp³-hybridized carbons (Fsp3) is 0.316. The maximum absolute atomic E-state index is 12.5. The number of nitrogens with one attached hydrogen (secondary N) is 2. The van der Waals surface area contributed by atoms with Gasteiger partial charge >= 0.3 is 0 Å². The van der Waals surface area contributed by atoms with Crippen molar-refractivity contribution in [1.82, 2.24) is 5.32 Å². The van der Waals surface area contributed by atoms with Crippen LogP contribution in [0.4, 0.5) is 11.4 Å². The molecular formula is C19H24N2O3. The van der Waals surface area contributed by atoms with Crippen LogP contribution in [0.1, 0.15) is 23.7 Å². The van der Waals surface area contributed by atoms with Gasteiger partial charge in [-0.2, -0.15) is 0 Å². The Morgan fingerprint density at radius 1 is 1.08 bits per heavy atom. The van der Waals surface area contributed by atoms with Crippen molar-refractivity contribution in [2.75, 3.05) is 26.1 Å². The molecule has 2 N–H and O–H groups in total. The third-order valence-corrected chi connectivity index (χ3v) is 3.67. The minimum absolute atomic E-state index is 0.0477. The lowest BCUT2D eigenvalue weighted by atomic mass is 10.1. The van der Waals surface area contributed by atoms with E-state index in [1.807, 2.05) is 55.5 Å². The lowest BCUT2D eigenvalue weighted by Crippen LogP contribution is -2.33. The van der Waals surface area contributed by atoms with E-state index in [1.165, 1.54) is 0 Å². The molecule has 0 saturated heterocycles. The molecule has 0 aliphatic rings. The molecule has 1 atom stereocenters. The van der Waals surface area contributed by atoms with E-state index in [4.69, 9.17) is 9.47 Å². The van der Waals surface area contributed by atoms with Crippen molar-refractivity contribution in [3.8, 4) is 5.75 Å². The maximum atomic E-state index is 12.5. The first kappa shape index (κ1) is 17.8. The summed E-state index contributed by atoms with van der Waals surface area (Å²) < 4.78 is 10.2. The molecule has 0 fully saturated rings. The van der Waals surface area contributed by atoms with E-state index in [1.54, 1.807) is 14.2 Å². The molecule has 1 amide bonds. The van der Waals surface area contributed by atoms with E-state index < -0.39 is 0 Å². The van der Waals surface area contributed by atoms with Crippen molar-refractivity contribution in [3.63, 3.8) is 0 Å². The van der Waals surface area contributed by atoms with Crippen molar-refractivity contribution in [1.29, 1.82) is 0 Å². The second-order valence-corrected chi connectivity index (χ2v) is 5.56.